The minimum absolute atomic E-state index is 0.0484. The average Bonchev–Trinajstić information content (AvgIpc) is 3.16. The highest BCUT2D eigenvalue weighted by molar-refractivity contribution is 6.01. The largest absolute Gasteiger partial charge is 0.491 e. The minimum Gasteiger partial charge on any atom is -0.491 e. The van der Waals surface area contributed by atoms with Crippen LogP contribution in [0.4, 0.5) is 13.2 Å². The third kappa shape index (κ3) is 5.42. The van der Waals surface area contributed by atoms with Crippen molar-refractivity contribution in [3.05, 3.63) is 77.6 Å². The third-order valence-corrected chi connectivity index (χ3v) is 5.72. The number of nitrogens with zero attached hydrogens (tertiary/aromatic N) is 2. The molecule has 7 nitrogen and oxygen atoms in total. The van der Waals surface area contributed by atoms with E-state index in [4.69, 9.17) is 4.74 Å². The Labute approximate surface area is 209 Å². The Hall–Kier alpha value is -4.34. The molecule has 4 rings (SSSR count). The molecule has 0 saturated carbocycles. The van der Waals surface area contributed by atoms with Crippen molar-refractivity contribution in [1.82, 2.24) is 9.55 Å². The number of rotatable bonds is 8. The van der Waals surface area contributed by atoms with E-state index in [0.717, 1.165) is 12.3 Å². The molecule has 4 aromatic rings. The molecule has 0 saturated heterocycles. The van der Waals surface area contributed by atoms with Gasteiger partial charge in [0, 0.05) is 29.3 Å². The van der Waals surface area contributed by atoms with Crippen molar-refractivity contribution in [3.63, 3.8) is 0 Å². The first kappa shape index (κ1) is 25.7. The molecule has 0 amide bonds. The van der Waals surface area contributed by atoms with Crippen LogP contribution in [0, 0.1) is 0 Å². The number of carboxylic acid groups (broad SMARTS) is 2. The molecule has 0 radical (unpaired) electrons. The van der Waals surface area contributed by atoms with E-state index in [-0.39, 0.29) is 30.3 Å². The molecule has 192 valence electrons. The van der Waals surface area contributed by atoms with Gasteiger partial charge in [0.15, 0.2) is 0 Å². The summed E-state index contributed by atoms with van der Waals surface area (Å²) >= 11 is 0. The van der Waals surface area contributed by atoms with E-state index in [1.807, 2.05) is 13.8 Å². The van der Waals surface area contributed by atoms with Crippen LogP contribution in [0.2, 0.25) is 0 Å². The topological polar surface area (TPSA) is 102 Å². The fourth-order valence-corrected chi connectivity index (χ4v) is 4.17. The van der Waals surface area contributed by atoms with E-state index in [2.05, 4.69) is 4.98 Å². The van der Waals surface area contributed by atoms with Gasteiger partial charge >= 0.3 is 18.1 Å². The van der Waals surface area contributed by atoms with Gasteiger partial charge in [-0.05, 0) is 74.4 Å². The van der Waals surface area contributed by atoms with E-state index < -0.39 is 23.7 Å². The summed E-state index contributed by atoms with van der Waals surface area (Å²) in [5, 5.41) is 19.9. The summed E-state index contributed by atoms with van der Waals surface area (Å²) in [5.41, 5.74) is 1.09. The number of carbonyl (C=O) groups is 2. The first-order chi connectivity index (χ1) is 17.5. The van der Waals surface area contributed by atoms with E-state index in [0.29, 0.717) is 33.5 Å². The second-order valence-corrected chi connectivity index (χ2v) is 8.68. The molecule has 0 fully saturated rings. The number of aryl methyl sites for hydroxylation is 1. The maximum Gasteiger partial charge on any atom is 0.417 e. The number of alkyl halides is 3. The maximum atomic E-state index is 13.0. The van der Waals surface area contributed by atoms with Gasteiger partial charge in [-0.1, -0.05) is 6.07 Å². The summed E-state index contributed by atoms with van der Waals surface area (Å²) in [6.07, 6.45) is -4.20. The highest BCUT2D eigenvalue weighted by Gasteiger charge is 2.31. The Kier molecular flexibility index (Phi) is 6.93. The van der Waals surface area contributed by atoms with Crippen LogP contribution in [-0.2, 0) is 17.4 Å². The third-order valence-electron chi connectivity index (χ3n) is 5.72. The summed E-state index contributed by atoms with van der Waals surface area (Å²) in [7, 11) is 0. The molecule has 37 heavy (non-hydrogen) atoms. The summed E-state index contributed by atoms with van der Waals surface area (Å²) in [6, 6.07) is 13.9. The van der Waals surface area contributed by atoms with Crippen LogP contribution in [-0.4, -0.2) is 37.8 Å². The predicted molar refractivity (Wildman–Crippen MR) is 130 cm³/mol. The van der Waals surface area contributed by atoms with Crippen LogP contribution in [0.5, 0.6) is 5.75 Å². The molecule has 2 aromatic heterocycles. The van der Waals surface area contributed by atoms with E-state index in [1.165, 1.54) is 10.6 Å². The van der Waals surface area contributed by atoms with E-state index in [9.17, 15) is 33.0 Å². The predicted octanol–water partition coefficient (Wildman–Crippen LogP) is 6.21. The van der Waals surface area contributed by atoms with E-state index in [1.54, 1.807) is 42.5 Å². The van der Waals surface area contributed by atoms with Crippen LogP contribution in [0.15, 0.2) is 60.8 Å². The van der Waals surface area contributed by atoms with E-state index >= 15 is 0 Å². The summed E-state index contributed by atoms with van der Waals surface area (Å²) < 4.78 is 46.0. The van der Waals surface area contributed by atoms with Gasteiger partial charge in [0.05, 0.1) is 22.9 Å². The van der Waals surface area contributed by atoms with Gasteiger partial charge in [0.2, 0.25) is 0 Å². The number of benzene rings is 2. The Morgan fingerprint density at radius 3 is 2.27 bits per heavy atom. The fourth-order valence-electron chi connectivity index (χ4n) is 4.17. The van der Waals surface area contributed by atoms with Crippen molar-refractivity contribution in [2.24, 2.45) is 0 Å². The minimum atomic E-state index is -4.52. The van der Waals surface area contributed by atoms with Crippen molar-refractivity contribution in [3.8, 4) is 22.7 Å². The lowest BCUT2D eigenvalue weighted by Crippen LogP contribution is -2.10. The van der Waals surface area contributed by atoms with Gasteiger partial charge < -0.3 is 19.5 Å². The number of fused-ring (bicyclic) bond motifs is 1. The van der Waals surface area contributed by atoms with Gasteiger partial charge in [-0.25, -0.2) is 4.79 Å². The number of aromatic carboxylic acids is 1. The molecule has 2 heterocycles. The molecule has 0 spiro atoms. The quantitative estimate of drug-likeness (QED) is 0.291. The lowest BCUT2D eigenvalue weighted by Gasteiger charge is -2.13. The normalized spacial score (nSPS) is 11.7. The standard InChI is InChI=1S/C27H23F3N2O5/c1-15(2)37-19-7-5-18(6-8-19)32-23-11-3-16(22-10-4-17(14-31-22)27(28,29)30)13-21(23)20(9-12-24(33)34)25(32)26(35)36/h3-8,10-11,13-15H,9,12H2,1-2H3,(H,33,34)(H,35,36). The molecule has 0 aliphatic carbocycles. The molecule has 2 aromatic carbocycles. The van der Waals surface area contributed by atoms with Crippen LogP contribution in [0.1, 0.15) is 41.9 Å². The summed E-state index contributed by atoms with van der Waals surface area (Å²) in [5.74, 6) is -1.73. The van der Waals surface area contributed by atoms with Gasteiger partial charge in [-0.2, -0.15) is 13.2 Å². The molecule has 0 aliphatic heterocycles. The number of pyridine rings is 1. The molecule has 0 atom stereocenters. The zero-order chi connectivity index (χ0) is 26.9. The molecule has 10 heteroatoms. The number of hydrogen-bond donors (Lipinski definition) is 2. The van der Waals surface area contributed by atoms with Crippen LogP contribution >= 0.6 is 0 Å². The molecule has 0 unspecified atom stereocenters. The highest BCUT2D eigenvalue weighted by atomic mass is 19.4. The number of aliphatic carboxylic acids is 1. The maximum absolute atomic E-state index is 13.0. The molecule has 0 aliphatic rings. The molecule has 0 bridgehead atoms. The van der Waals surface area contributed by atoms with Crippen molar-refractivity contribution in [2.75, 3.05) is 0 Å². The SMILES string of the molecule is CC(C)Oc1ccc(-n2c(C(=O)O)c(CCC(=O)O)c3cc(-c4ccc(C(F)(F)F)cn4)ccc32)cc1. The number of ether oxygens (including phenoxy) is 1. The Balaban J connectivity index is 1.90. The smallest absolute Gasteiger partial charge is 0.417 e. The first-order valence-electron chi connectivity index (χ1n) is 11.4. The number of hydrogen-bond acceptors (Lipinski definition) is 4. The Bertz CT molecular complexity index is 1460. The molecule has 2 N–H and O–H groups in total. The second kappa shape index (κ2) is 9.96. The molecular weight excluding hydrogens is 489 g/mol. The highest BCUT2D eigenvalue weighted by Crippen LogP contribution is 2.35. The van der Waals surface area contributed by atoms with Crippen molar-refractivity contribution >= 4 is 22.8 Å². The Morgan fingerprint density at radius 2 is 1.73 bits per heavy atom. The van der Waals surface area contributed by atoms with Crippen LogP contribution in [0.25, 0.3) is 27.8 Å². The lowest BCUT2D eigenvalue weighted by atomic mass is 10.0. The number of carboxylic acids is 2. The van der Waals surface area contributed by atoms with Crippen molar-refractivity contribution in [2.45, 2.75) is 39.0 Å². The number of aromatic nitrogens is 2. The van der Waals surface area contributed by atoms with Crippen molar-refractivity contribution < 1.29 is 37.7 Å². The lowest BCUT2D eigenvalue weighted by molar-refractivity contribution is -0.138. The van der Waals surface area contributed by atoms with Gasteiger partial charge in [-0.15, -0.1) is 0 Å². The summed E-state index contributed by atoms with van der Waals surface area (Å²) in [4.78, 5) is 27.7. The summed E-state index contributed by atoms with van der Waals surface area (Å²) in [6.45, 7) is 3.77. The fraction of sp³-hybridized carbons (Fsp3) is 0.222. The second-order valence-electron chi connectivity index (χ2n) is 8.68. The first-order valence-corrected chi connectivity index (χ1v) is 11.4. The monoisotopic (exact) mass is 512 g/mol. The zero-order valence-corrected chi connectivity index (χ0v) is 19.9. The van der Waals surface area contributed by atoms with Crippen LogP contribution in [0.3, 0.4) is 0 Å². The average molecular weight is 512 g/mol. The Morgan fingerprint density at radius 1 is 1.03 bits per heavy atom. The van der Waals surface area contributed by atoms with Gasteiger partial charge in [0.1, 0.15) is 11.4 Å². The number of halogens is 3. The van der Waals surface area contributed by atoms with Crippen molar-refractivity contribution in [1.29, 1.82) is 0 Å². The van der Waals surface area contributed by atoms with Gasteiger partial charge in [-0.3, -0.25) is 9.78 Å². The van der Waals surface area contributed by atoms with Gasteiger partial charge in [0.25, 0.3) is 0 Å². The zero-order valence-electron chi connectivity index (χ0n) is 19.9. The van der Waals surface area contributed by atoms with Crippen LogP contribution < -0.4 is 4.74 Å². The molecular formula is C27H23F3N2O5.